The number of hydrogen-bond donors (Lipinski definition) is 0. The van der Waals surface area contributed by atoms with Gasteiger partial charge in [0.15, 0.2) is 3.92 Å². The van der Waals surface area contributed by atoms with Crippen LogP contribution < -0.4 is 0 Å². The molecule has 11 heavy (non-hydrogen) atoms. The molecule has 56 valence electrons. The number of aromatic nitrogens is 2. The average Bonchev–Trinajstić information content (AvgIpc) is 2.31. The Morgan fingerprint density at radius 1 is 1.45 bits per heavy atom. The van der Waals surface area contributed by atoms with Gasteiger partial charge < -0.3 is 0 Å². The molecular formula is C6H2BrClN2S. The molecule has 0 aliphatic rings. The van der Waals surface area contributed by atoms with Crippen molar-refractivity contribution in [3.8, 4) is 0 Å². The van der Waals surface area contributed by atoms with Crippen LogP contribution in [0.4, 0.5) is 0 Å². The summed E-state index contributed by atoms with van der Waals surface area (Å²) < 4.78 is 1.84. The van der Waals surface area contributed by atoms with Crippen molar-refractivity contribution >= 4 is 49.1 Å². The van der Waals surface area contributed by atoms with E-state index in [2.05, 4.69) is 25.9 Å². The van der Waals surface area contributed by atoms with E-state index in [9.17, 15) is 0 Å². The summed E-state index contributed by atoms with van der Waals surface area (Å²) in [5.74, 6) is 0. The van der Waals surface area contributed by atoms with Crippen molar-refractivity contribution in [2.75, 3.05) is 0 Å². The molecule has 0 bridgehead atoms. The van der Waals surface area contributed by atoms with Crippen LogP contribution in [0.25, 0.3) is 10.2 Å². The van der Waals surface area contributed by atoms with E-state index in [4.69, 9.17) is 11.6 Å². The Morgan fingerprint density at radius 3 is 3.00 bits per heavy atom. The molecule has 0 saturated heterocycles. The van der Waals surface area contributed by atoms with Crippen LogP contribution in [0.2, 0.25) is 5.02 Å². The highest BCUT2D eigenvalue weighted by atomic mass is 79.9. The van der Waals surface area contributed by atoms with Crippen LogP contribution in [0.15, 0.2) is 16.3 Å². The summed E-state index contributed by atoms with van der Waals surface area (Å²) in [6, 6.07) is 0. The minimum atomic E-state index is 0.601. The second kappa shape index (κ2) is 2.69. The van der Waals surface area contributed by atoms with E-state index < -0.39 is 0 Å². The lowest BCUT2D eigenvalue weighted by atomic mass is 10.4. The standard InChI is InChI=1S/C6H2BrClN2S/c7-6-10-5-3(8)1-9-2-4(5)11-6/h1-2H. The van der Waals surface area contributed by atoms with Crippen LogP contribution in [0.1, 0.15) is 0 Å². The summed E-state index contributed by atoms with van der Waals surface area (Å²) in [5.41, 5.74) is 0.818. The molecule has 0 atom stereocenters. The van der Waals surface area contributed by atoms with Gasteiger partial charge in [0, 0.05) is 12.4 Å². The fourth-order valence-electron chi connectivity index (χ4n) is 0.795. The maximum Gasteiger partial charge on any atom is 0.160 e. The number of rotatable bonds is 0. The Bertz CT molecular complexity index is 400. The number of thiazole rings is 1. The molecule has 2 rings (SSSR count). The van der Waals surface area contributed by atoms with Gasteiger partial charge in [0.25, 0.3) is 0 Å². The van der Waals surface area contributed by atoms with Gasteiger partial charge in [0.1, 0.15) is 5.52 Å². The molecule has 2 aromatic heterocycles. The molecule has 0 aliphatic heterocycles. The minimum Gasteiger partial charge on any atom is -0.262 e. The van der Waals surface area contributed by atoms with Gasteiger partial charge in [-0.3, -0.25) is 4.98 Å². The van der Waals surface area contributed by atoms with Crippen LogP contribution in [0.5, 0.6) is 0 Å². The van der Waals surface area contributed by atoms with Crippen LogP contribution in [-0.4, -0.2) is 9.97 Å². The summed E-state index contributed by atoms with van der Waals surface area (Å²) in [6.45, 7) is 0. The number of hydrogen-bond acceptors (Lipinski definition) is 3. The van der Waals surface area contributed by atoms with Crippen LogP contribution in [-0.2, 0) is 0 Å². The van der Waals surface area contributed by atoms with Crippen molar-refractivity contribution in [3.05, 3.63) is 21.3 Å². The monoisotopic (exact) mass is 248 g/mol. The lowest BCUT2D eigenvalue weighted by Crippen LogP contribution is -1.72. The number of fused-ring (bicyclic) bond motifs is 1. The van der Waals surface area contributed by atoms with E-state index >= 15 is 0 Å². The summed E-state index contributed by atoms with van der Waals surface area (Å²) in [4.78, 5) is 8.12. The first-order valence-electron chi connectivity index (χ1n) is 2.83. The lowest BCUT2D eigenvalue weighted by Gasteiger charge is -1.87. The Kier molecular flexibility index (Phi) is 1.83. The molecule has 0 aliphatic carbocycles. The molecule has 0 N–H and O–H groups in total. The second-order valence-corrected chi connectivity index (χ2v) is 4.65. The van der Waals surface area contributed by atoms with Gasteiger partial charge in [-0.1, -0.05) is 11.6 Å². The van der Waals surface area contributed by atoms with Crippen molar-refractivity contribution in [1.82, 2.24) is 9.97 Å². The molecule has 2 nitrogen and oxygen atoms in total. The predicted molar refractivity (Wildman–Crippen MR) is 50.1 cm³/mol. The third-order valence-corrected chi connectivity index (χ3v) is 2.95. The molecule has 0 aromatic carbocycles. The first-order chi connectivity index (χ1) is 5.27. The zero-order valence-corrected chi connectivity index (χ0v) is 8.37. The van der Waals surface area contributed by atoms with E-state index in [1.807, 2.05) is 0 Å². The summed E-state index contributed by atoms with van der Waals surface area (Å²) in [5, 5.41) is 0.601. The molecule has 2 aromatic rings. The van der Waals surface area contributed by atoms with E-state index in [1.165, 1.54) is 11.3 Å². The third-order valence-electron chi connectivity index (χ3n) is 1.23. The molecular weight excluding hydrogens is 248 g/mol. The van der Waals surface area contributed by atoms with Crippen molar-refractivity contribution in [2.45, 2.75) is 0 Å². The van der Waals surface area contributed by atoms with Crippen LogP contribution in [0.3, 0.4) is 0 Å². The van der Waals surface area contributed by atoms with Gasteiger partial charge in [-0.25, -0.2) is 4.98 Å². The summed E-state index contributed by atoms with van der Waals surface area (Å²) >= 11 is 10.6. The van der Waals surface area contributed by atoms with Gasteiger partial charge in [0.05, 0.1) is 9.72 Å². The highest BCUT2D eigenvalue weighted by Gasteiger charge is 2.04. The SMILES string of the molecule is Clc1cncc2sc(Br)nc12. The number of halogens is 2. The topological polar surface area (TPSA) is 25.8 Å². The van der Waals surface area contributed by atoms with Gasteiger partial charge in [-0.15, -0.1) is 11.3 Å². The quantitative estimate of drug-likeness (QED) is 0.717. The van der Waals surface area contributed by atoms with Crippen molar-refractivity contribution in [1.29, 1.82) is 0 Å². The fourth-order valence-corrected chi connectivity index (χ4v) is 2.44. The maximum atomic E-state index is 5.83. The molecule has 0 unspecified atom stereocenters. The molecule has 5 heteroatoms. The second-order valence-electron chi connectivity index (χ2n) is 1.93. The Hall–Kier alpha value is -0.190. The van der Waals surface area contributed by atoms with Crippen LogP contribution >= 0.6 is 38.9 Å². The molecule has 0 radical (unpaired) electrons. The Labute approximate surface area is 80.4 Å². The first kappa shape index (κ1) is 7.46. The smallest absolute Gasteiger partial charge is 0.160 e. The minimum absolute atomic E-state index is 0.601. The van der Waals surface area contributed by atoms with Gasteiger partial charge in [-0.05, 0) is 15.9 Å². The maximum absolute atomic E-state index is 5.83. The molecule has 2 heterocycles. The summed E-state index contributed by atoms with van der Waals surface area (Å²) in [6.07, 6.45) is 3.35. The molecule has 0 amide bonds. The van der Waals surface area contributed by atoms with Crippen molar-refractivity contribution < 1.29 is 0 Å². The van der Waals surface area contributed by atoms with Crippen molar-refractivity contribution in [3.63, 3.8) is 0 Å². The Morgan fingerprint density at radius 2 is 2.27 bits per heavy atom. The lowest BCUT2D eigenvalue weighted by molar-refractivity contribution is 1.35. The van der Waals surface area contributed by atoms with E-state index in [0.29, 0.717) is 5.02 Å². The third kappa shape index (κ3) is 1.26. The summed E-state index contributed by atoms with van der Waals surface area (Å²) in [7, 11) is 0. The van der Waals surface area contributed by atoms with Gasteiger partial charge in [-0.2, -0.15) is 0 Å². The highest BCUT2D eigenvalue weighted by Crippen LogP contribution is 2.29. The molecule has 0 saturated carbocycles. The van der Waals surface area contributed by atoms with E-state index in [-0.39, 0.29) is 0 Å². The molecule has 0 spiro atoms. The fraction of sp³-hybridized carbons (Fsp3) is 0. The average molecular weight is 250 g/mol. The normalized spacial score (nSPS) is 10.7. The largest absolute Gasteiger partial charge is 0.262 e. The zero-order chi connectivity index (χ0) is 7.84. The van der Waals surface area contributed by atoms with Crippen molar-refractivity contribution in [2.24, 2.45) is 0 Å². The van der Waals surface area contributed by atoms with Gasteiger partial charge >= 0.3 is 0 Å². The number of pyridine rings is 1. The first-order valence-corrected chi connectivity index (χ1v) is 4.81. The highest BCUT2D eigenvalue weighted by molar-refractivity contribution is 9.11. The van der Waals surface area contributed by atoms with E-state index in [0.717, 1.165) is 14.1 Å². The predicted octanol–water partition coefficient (Wildman–Crippen LogP) is 3.11. The van der Waals surface area contributed by atoms with Crippen LogP contribution in [0, 0.1) is 0 Å². The van der Waals surface area contributed by atoms with Gasteiger partial charge in [0.2, 0.25) is 0 Å². The Balaban J connectivity index is 2.90. The zero-order valence-electron chi connectivity index (χ0n) is 5.21. The number of nitrogens with zero attached hydrogens (tertiary/aromatic N) is 2. The molecule has 0 fully saturated rings. The van der Waals surface area contributed by atoms with E-state index in [1.54, 1.807) is 12.4 Å².